The van der Waals surface area contributed by atoms with E-state index in [0.717, 1.165) is 35.2 Å². The summed E-state index contributed by atoms with van der Waals surface area (Å²) in [6.45, 7) is 5.09. The number of piperazine rings is 1. The second-order valence-electron chi connectivity index (χ2n) is 6.74. The Morgan fingerprint density at radius 1 is 1.26 bits per heavy atom. The fraction of sp³-hybridized carbons (Fsp3) is 0.286. The largest absolute Gasteiger partial charge is 0.334 e. The van der Waals surface area contributed by atoms with Gasteiger partial charge in [-0.05, 0) is 48.4 Å². The highest BCUT2D eigenvalue weighted by molar-refractivity contribution is 9.10. The second kappa shape index (κ2) is 9.00. The highest BCUT2D eigenvalue weighted by Crippen LogP contribution is 2.23. The van der Waals surface area contributed by atoms with Crippen molar-refractivity contribution in [3.63, 3.8) is 0 Å². The molecule has 2 aromatic rings. The van der Waals surface area contributed by atoms with Gasteiger partial charge in [-0.25, -0.2) is 4.39 Å². The molecule has 1 saturated heterocycles. The quantitative estimate of drug-likeness (QED) is 0.612. The Balaban J connectivity index is 1.57. The zero-order valence-electron chi connectivity index (χ0n) is 15.0. The first kappa shape index (κ1) is 20.1. The predicted octanol–water partition coefficient (Wildman–Crippen LogP) is 4.99. The summed E-state index contributed by atoms with van der Waals surface area (Å²) >= 11 is 9.41. The van der Waals surface area contributed by atoms with Gasteiger partial charge in [0.15, 0.2) is 0 Å². The summed E-state index contributed by atoms with van der Waals surface area (Å²) in [5.41, 5.74) is 1.99. The lowest BCUT2D eigenvalue weighted by atomic mass is 10.1. The summed E-state index contributed by atoms with van der Waals surface area (Å²) in [7, 11) is 0. The van der Waals surface area contributed by atoms with Crippen LogP contribution in [0.2, 0.25) is 5.02 Å². The van der Waals surface area contributed by atoms with E-state index < -0.39 is 0 Å². The molecule has 27 heavy (non-hydrogen) atoms. The average molecular weight is 452 g/mol. The molecule has 1 aliphatic heterocycles. The van der Waals surface area contributed by atoms with Crippen molar-refractivity contribution in [2.45, 2.75) is 19.5 Å². The van der Waals surface area contributed by atoms with Crippen molar-refractivity contribution >= 4 is 39.5 Å². The number of nitrogens with zero attached hydrogens (tertiary/aromatic N) is 2. The molecule has 0 aliphatic carbocycles. The first-order valence-corrected chi connectivity index (χ1v) is 10.00. The van der Waals surface area contributed by atoms with Gasteiger partial charge in [0, 0.05) is 47.8 Å². The van der Waals surface area contributed by atoms with Crippen LogP contribution in [0.4, 0.5) is 4.39 Å². The Hall–Kier alpha value is -1.69. The summed E-state index contributed by atoms with van der Waals surface area (Å²) in [6.07, 6.45) is 3.42. The predicted molar refractivity (Wildman–Crippen MR) is 111 cm³/mol. The number of carbonyl (C=O) groups is 1. The lowest BCUT2D eigenvalue weighted by Gasteiger charge is -2.39. The van der Waals surface area contributed by atoms with Crippen LogP contribution in [0, 0.1) is 5.82 Å². The molecule has 0 radical (unpaired) electrons. The highest BCUT2D eigenvalue weighted by Gasteiger charge is 2.26. The minimum absolute atomic E-state index is 0.00535. The van der Waals surface area contributed by atoms with Gasteiger partial charge in [-0.3, -0.25) is 9.69 Å². The number of hydrogen-bond acceptors (Lipinski definition) is 2. The molecule has 0 N–H and O–H groups in total. The maximum absolute atomic E-state index is 13.0. The zero-order valence-corrected chi connectivity index (χ0v) is 17.4. The van der Waals surface area contributed by atoms with Crippen LogP contribution < -0.4 is 0 Å². The van der Waals surface area contributed by atoms with Crippen LogP contribution in [0.3, 0.4) is 0 Å². The molecule has 0 spiro atoms. The topological polar surface area (TPSA) is 23.6 Å². The fourth-order valence-electron chi connectivity index (χ4n) is 3.25. The number of amides is 1. The van der Waals surface area contributed by atoms with Gasteiger partial charge in [0.2, 0.25) is 5.91 Å². The van der Waals surface area contributed by atoms with E-state index in [2.05, 4.69) is 27.8 Å². The highest BCUT2D eigenvalue weighted by atomic mass is 79.9. The third-order valence-electron chi connectivity index (χ3n) is 4.68. The minimum Gasteiger partial charge on any atom is -0.334 e. The van der Waals surface area contributed by atoms with Crippen molar-refractivity contribution in [3.8, 4) is 0 Å². The van der Waals surface area contributed by atoms with Crippen molar-refractivity contribution in [1.82, 2.24) is 9.80 Å². The molecule has 142 valence electrons. The number of halogens is 3. The van der Waals surface area contributed by atoms with Gasteiger partial charge in [-0.15, -0.1) is 0 Å². The SMILES string of the molecule is C[C@H]1CN(Cc2ccc(F)cc2)CCN1C(=O)C=Cc1ccc(Cl)cc1Br. The van der Waals surface area contributed by atoms with Gasteiger partial charge in [-0.2, -0.15) is 0 Å². The first-order valence-electron chi connectivity index (χ1n) is 8.83. The molecule has 1 heterocycles. The molecule has 2 aromatic carbocycles. The standard InChI is InChI=1S/C21H21BrClFN2O/c1-15-13-25(14-16-2-7-19(24)8-3-16)10-11-26(15)21(27)9-5-17-4-6-18(23)12-20(17)22/h2-9,12,15H,10-11,13-14H2,1H3/t15-/m0/s1. The molecule has 1 fully saturated rings. The van der Waals surface area contributed by atoms with Gasteiger partial charge in [-0.1, -0.05) is 45.7 Å². The summed E-state index contributed by atoms with van der Waals surface area (Å²) < 4.78 is 13.9. The van der Waals surface area contributed by atoms with Crippen LogP contribution in [-0.4, -0.2) is 41.4 Å². The van der Waals surface area contributed by atoms with E-state index in [1.807, 2.05) is 29.2 Å². The molecule has 1 amide bonds. The number of rotatable bonds is 4. The van der Waals surface area contributed by atoms with E-state index >= 15 is 0 Å². The van der Waals surface area contributed by atoms with Crippen LogP contribution in [0.1, 0.15) is 18.1 Å². The van der Waals surface area contributed by atoms with Crippen molar-refractivity contribution in [3.05, 3.63) is 75.0 Å². The Morgan fingerprint density at radius 2 is 2.00 bits per heavy atom. The van der Waals surface area contributed by atoms with Crippen molar-refractivity contribution in [2.75, 3.05) is 19.6 Å². The minimum atomic E-state index is -0.221. The summed E-state index contributed by atoms with van der Waals surface area (Å²) in [5.74, 6) is -0.215. The molecule has 0 saturated carbocycles. The zero-order chi connectivity index (χ0) is 19.4. The number of benzene rings is 2. The van der Waals surface area contributed by atoms with Gasteiger partial charge in [0.05, 0.1) is 0 Å². The van der Waals surface area contributed by atoms with Crippen LogP contribution in [-0.2, 0) is 11.3 Å². The van der Waals surface area contributed by atoms with Crippen LogP contribution in [0.5, 0.6) is 0 Å². The second-order valence-corrected chi connectivity index (χ2v) is 8.03. The normalized spacial score (nSPS) is 18.2. The molecule has 0 aromatic heterocycles. The number of hydrogen-bond donors (Lipinski definition) is 0. The van der Waals surface area contributed by atoms with Gasteiger partial charge in [0.25, 0.3) is 0 Å². The van der Waals surface area contributed by atoms with E-state index in [4.69, 9.17) is 11.6 Å². The fourth-order valence-corrected chi connectivity index (χ4v) is 4.06. The Morgan fingerprint density at radius 3 is 2.67 bits per heavy atom. The van der Waals surface area contributed by atoms with Crippen molar-refractivity contribution < 1.29 is 9.18 Å². The number of carbonyl (C=O) groups excluding carboxylic acids is 1. The summed E-state index contributed by atoms with van der Waals surface area (Å²) in [5, 5.41) is 0.649. The third-order valence-corrected chi connectivity index (χ3v) is 5.60. The van der Waals surface area contributed by atoms with Crippen molar-refractivity contribution in [2.24, 2.45) is 0 Å². The molecule has 1 aliphatic rings. The molecular weight excluding hydrogens is 431 g/mol. The van der Waals surface area contributed by atoms with Crippen LogP contribution in [0.25, 0.3) is 6.08 Å². The average Bonchev–Trinajstić information content (AvgIpc) is 2.63. The molecule has 0 bridgehead atoms. The van der Waals surface area contributed by atoms with E-state index in [1.165, 1.54) is 12.1 Å². The van der Waals surface area contributed by atoms with E-state index in [1.54, 1.807) is 18.2 Å². The molecule has 6 heteroatoms. The molecule has 3 rings (SSSR count). The maximum Gasteiger partial charge on any atom is 0.246 e. The smallest absolute Gasteiger partial charge is 0.246 e. The van der Waals surface area contributed by atoms with E-state index in [0.29, 0.717) is 11.6 Å². The maximum atomic E-state index is 13.0. The molecule has 1 atom stereocenters. The monoisotopic (exact) mass is 450 g/mol. The van der Waals surface area contributed by atoms with E-state index in [9.17, 15) is 9.18 Å². The molecule has 3 nitrogen and oxygen atoms in total. The summed E-state index contributed by atoms with van der Waals surface area (Å²) in [6, 6.07) is 12.2. The third kappa shape index (κ3) is 5.41. The lowest BCUT2D eigenvalue weighted by Crippen LogP contribution is -2.53. The van der Waals surface area contributed by atoms with Crippen molar-refractivity contribution in [1.29, 1.82) is 0 Å². The van der Waals surface area contributed by atoms with Crippen LogP contribution >= 0.6 is 27.5 Å². The van der Waals surface area contributed by atoms with E-state index in [-0.39, 0.29) is 17.8 Å². The van der Waals surface area contributed by atoms with Gasteiger partial charge in [0.1, 0.15) is 5.82 Å². The lowest BCUT2D eigenvalue weighted by molar-refractivity contribution is -0.130. The Kier molecular flexibility index (Phi) is 6.68. The Bertz CT molecular complexity index is 841. The molecule has 0 unspecified atom stereocenters. The molecular formula is C21H21BrClFN2O. The summed E-state index contributed by atoms with van der Waals surface area (Å²) in [4.78, 5) is 16.8. The first-order chi connectivity index (χ1) is 12.9. The van der Waals surface area contributed by atoms with Gasteiger partial charge >= 0.3 is 0 Å². The van der Waals surface area contributed by atoms with Crippen LogP contribution in [0.15, 0.2) is 53.0 Å². The Labute approximate surface area is 172 Å². The van der Waals surface area contributed by atoms with Gasteiger partial charge < -0.3 is 4.90 Å².